The van der Waals surface area contributed by atoms with Crippen LogP contribution in [0.2, 0.25) is 0 Å². The third-order valence-corrected chi connectivity index (χ3v) is 6.03. The van der Waals surface area contributed by atoms with E-state index in [1.54, 1.807) is 6.07 Å². The molecule has 5 rings (SSSR count). The number of fused-ring (bicyclic) bond motifs is 2. The number of anilines is 1. The number of aromatic nitrogens is 3. The third kappa shape index (κ3) is 3.55. The van der Waals surface area contributed by atoms with Crippen molar-refractivity contribution in [2.24, 2.45) is 0 Å². The number of nitrogen functional groups attached to an aromatic ring is 1. The van der Waals surface area contributed by atoms with Gasteiger partial charge >= 0.3 is 6.18 Å². The molecule has 11 heteroatoms. The largest absolute Gasteiger partial charge is 0.492 e. The van der Waals surface area contributed by atoms with E-state index in [0.29, 0.717) is 30.9 Å². The fraction of sp³-hybridized carbons (Fsp3) is 0.429. The van der Waals surface area contributed by atoms with Gasteiger partial charge < -0.3 is 20.2 Å². The van der Waals surface area contributed by atoms with Crippen molar-refractivity contribution in [3.63, 3.8) is 0 Å². The number of halogens is 4. The Balaban J connectivity index is 1.58. The number of ether oxygens (including phenoxy) is 2. The number of alkyl halides is 3. The zero-order valence-corrected chi connectivity index (χ0v) is 17.2. The lowest BCUT2D eigenvalue weighted by atomic mass is 9.98. The summed E-state index contributed by atoms with van der Waals surface area (Å²) in [5.74, 6) is -0.0834. The molecule has 0 aliphatic carbocycles. The number of morpholine rings is 1. The minimum atomic E-state index is -4.58. The Hall–Kier alpha value is -2.92. The van der Waals surface area contributed by atoms with E-state index in [-0.39, 0.29) is 34.7 Å². The Kier molecular flexibility index (Phi) is 4.97. The highest BCUT2D eigenvalue weighted by Crippen LogP contribution is 2.34. The molecule has 2 aliphatic rings. The molecule has 3 N–H and O–H groups in total. The minimum absolute atomic E-state index is 0.0111. The van der Waals surface area contributed by atoms with E-state index in [1.165, 1.54) is 17.0 Å². The first-order valence-electron chi connectivity index (χ1n) is 10.3. The van der Waals surface area contributed by atoms with Gasteiger partial charge in [-0.1, -0.05) is 4.98 Å². The standard InChI is InChI=1S/C21H21F4N5O2/c1-11-8-29(4-5-31-11)12-6-13-16(32-9-12)3-2-15(22)18(13)30-10-27-20-14(19(30)26)7-17(28-20)21(23,24)25/h2-3,7,10-12H,4-6,8-9H2,1H3,(H2,26,28)/p+1/t11-,12-/m1/s1. The predicted octanol–water partition coefficient (Wildman–Crippen LogP) is 2.60. The summed E-state index contributed by atoms with van der Waals surface area (Å²) < 4.78 is 67.3. The Labute approximate surface area is 180 Å². The van der Waals surface area contributed by atoms with Gasteiger partial charge in [0, 0.05) is 24.7 Å². The van der Waals surface area contributed by atoms with Gasteiger partial charge in [0.25, 0.3) is 0 Å². The first-order valence-corrected chi connectivity index (χ1v) is 10.3. The molecule has 2 aliphatic heterocycles. The smallest absolute Gasteiger partial charge is 0.431 e. The molecule has 7 nitrogen and oxygen atoms in total. The van der Waals surface area contributed by atoms with Crippen molar-refractivity contribution in [2.45, 2.75) is 31.7 Å². The van der Waals surface area contributed by atoms with Crippen LogP contribution in [0, 0.1) is 5.82 Å². The van der Waals surface area contributed by atoms with Crippen LogP contribution in [0.4, 0.5) is 23.4 Å². The molecule has 0 radical (unpaired) electrons. The van der Waals surface area contributed by atoms with E-state index in [9.17, 15) is 13.2 Å². The van der Waals surface area contributed by atoms with Crippen LogP contribution in [0.15, 0.2) is 24.5 Å². The second-order valence-electron chi connectivity index (χ2n) is 8.16. The number of aromatic amines is 1. The zero-order chi connectivity index (χ0) is 22.6. The summed E-state index contributed by atoms with van der Waals surface area (Å²) in [5, 5.41) is 0.0621. The molecule has 170 valence electrons. The number of nitrogens with zero attached hydrogens (tertiary/aromatic N) is 3. The fourth-order valence-corrected chi connectivity index (χ4v) is 4.45. The number of nitrogens with two attached hydrogens (primary N) is 1. The molecular formula is C21H22F4N5O2+. The summed E-state index contributed by atoms with van der Waals surface area (Å²) in [4.78, 5) is 8.53. The van der Waals surface area contributed by atoms with E-state index in [4.69, 9.17) is 15.2 Å². The maximum atomic E-state index is 15.1. The molecule has 0 saturated carbocycles. The molecule has 2 aromatic heterocycles. The molecule has 4 heterocycles. The van der Waals surface area contributed by atoms with Gasteiger partial charge in [-0.2, -0.15) is 17.7 Å². The minimum Gasteiger partial charge on any atom is -0.492 e. The van der Waals surface area contributed by atoms with Gasteiger partial charge in [-0.25, -0.2) is 4.39 Å². The van der Waals surface area contributed by atoms with Crippen LogP contribution in [0.3, 0.4) is 0 Å². The van der Waals surface area contributed by atoms with Crippen molar-refractivity contribution in [3.8, 4) is 11.4 Å². The van der Waals surface area contributed by atoms with Gasteiger partial charge in [-0.3, -0.25) is 4.90 Å². The second-order valence-corrected chi connectivity index (χ2v) is 8.16. The van der Waals surface area contributed by atoms with Crippen LogP contribution < -0.4 is 15.0 Å². The van der Waals surface area contributed by atoms with Crippen molar-refractivity contribution >= 4 is 16.9 Å². The van der Waals surface area contributed by atoms with E-state index in [1.807, 2.05) is 6.92 Å². The lowest BCUT2D eigenvalue weighted by Gasteiger charge is -2.39. The highest BCUT2D eigenvalue weighted by molar-refractivity contribution is 5.85. The molecule has 2 atom stereocenters. The first-order chi connectivity index (χ1) is 15.2. The molecular weight excluding hydrogens is 430 g/mol. The third-order valence-electron chi connectivity index (χ3n) is 6.03. The molecule has 3 aromatic rings. The lowest BCUT2D eigenvalue weighted by Crippen LogP contribution is -2.51. The molecule has 0 amide bonds. The molecule has 0 bridgehead atoms. The van der Waals surface area contributed by atoms with Crippen LogP contribution in [-0.4, -0.2) is 53.3 Å². The Morgan fingerprint density at radius 2 is 2.12 bits per heavy atom. The molecule has 0 unspecified atom stereocenters. The number of hydrogen-bond acceptors (Lipinski definition) is 5. The fourth-order valence-electron chi connectivity index (χ4n) is 4.45. The molecule has 1 fully saturated rings. The van der Waals surface area contributed by atoms with Crippen molar-refractivity contribution in [3.05, 3.63) is 41.6 Å². The van der Waals surface area contributed by atoms with Gasteiger partial charge in [0.2, 0.25) is 17.8 Å². The molecule has 1 saturated heterocycles. The molecule has 1 aromatic carbocycles. The summed E-state index contributed by atoms with van der Waals surface area (Å²) in [6.45, 7) is 4.54. The zero-order valence-electron chi connectivity index (χ0n) is 17.2. The number of benzene rings is 1. The van der Waals surface area contributed by atoms with Crippen molar-refractivity contribution < 1.29 is 31.6 Å². The summed E-state index contributed by atoms with van der Waals surface area (Å²) in [7, 11) is 0. The van der Waals surface area contributed by atoms with Crippen LogP contribution in [0.25, 0.3) is 16.7 Å². The second kappa shape index (κ2) is 7.59. The predicted molar refractivity (Wildman–Crippen MR) is 107 cm³/mol. The maximum absolute atomic E-state index is 15.1. The van der Waals surface area contributed by atoms with Crippen LogP contribution >= 0.6 is 0 Å². The number of hydrogen-bond donors (Lipinski definition) is 2. The molecule has 0 spiro atoms. The molecule has 32 heavy (non-hydrogen) atoms. The Bertz CT molecular complexity index is 1180. The van der Waals surface area contributed by atoms with Crippen molar-refractivity contribution in [2.75, 3.05) is 32.0 Å². The number of rotatable bonds is 2. The summed E-state index contributed by atoms with van der Waals surface area (Å²) in [6, 6.07) is 3.72. The highest BCUT2D eigenvalue weighted by atomic mass is 19.4. The maximum Gasteiger partial charge on any atom is 0.431 e. The monoisotopic (exact) mass is 452 g/mol. The normalized spacial score (nSPS) is 22.0. The summed E-state index contributed by atoms with van der Waals surface area (Å²) in [6.07, 6.45) is -2.76. The Morgan fingerprint density at radius 1 is 1.31 bits per heavy atom. The number of nitrogens with one attached hydrogen (secondary N) is 1. The SMILES string of the molecule is C[C@@H]1CN([C@H]2COc3ccc(F)c(-[n+]4cnc5[nH]c(C(F)(F)F)cc5c4N)c3C2)CCO1. The van der Waals surface area contributed by atoms with Gasteiger partial charge in [-0.15, -0.1) is 0 Å². The first kappa shape index (κ1) is 21.0. The van der Waals surface area contributed by atoms with E-state index in [2.05, 4.69) is 14.9 Å². The van der Waals surface area contributed by atoms with Gasteiger partial charge in [0.05, 0.1) is 12.7 Å². The quantitative estimate of drug-likeness (QED) is 0.462. The van der Waals surface area contributed by atoms with Crippen LogP contribution in [0.1, 0.15) is 18.2 Å². The lowest BCUT2D eigenvalue weighted by molar-refractivity contribution is -0.584. The number of H-pyrrole nitrogens is 1. The van der Waals surface area contributed by atoms with Crippen molar-refractivity contribution in [1.29, 1.82) is 0 Å². The van der Waals surface area contributed by atoms with E-state index < -0.39 is 17.7 Å². The van der Waals surface area contributed by atoms with E-state index >= 15 is 4.39 Å². The Morgan fingerprint density at radius 3 is 2.88 bits per heavy atom. The topological polar surface area (TPSA) is 80.3 Å². The van der Waals surface area contributed by atoms with Gasteiger partial charge in [-0.05, 0) is 31.5 Å². The van der Waals surface area contributed by atoms with Gasteiger partial charge in [0.1, 0.15) is 29.1 Å². The van der Waals surface area contributed by atoms with Gasteiger partial charge in [0.15, 0.2) is 5.82 Å². The van der Waals surface area contributed by atoms with E-state index in [0.717, 1.165) is 19.2 Å². The average molecular weight is 452 g/mol. The van der Waals surface area contributed by atoms with Crippen LogP contribution in [0.5, 0.6) is 5.75 Å². The highest BCUT2D eigenvalue weighted by Gasteiger charge is 2.36. The van der Waals surface area contributed by atoms with Crippen molar-refractivity contribution in [1.82, 2.24) is 14.9 Å². The average Bonchev–Trinajstić information content (AvgIpc) is 3.20. The van der Waals surface area contributed by atoms with Crippen LogP contribution in [-0.2, 0) is 17.3 Å². The summed E-state index contributed by atoms with van der Waals surface area (Å²) in [5.41, 5.74) is 5.95. The summed E-state index contributed by atoms with van der Waals surface area (Å²) >= 11 is 0.